The predicted molar refractivity (Wildman–Crippen MR) is 70.8 cm³/mol. The van der Waals surface area contributed by atoms with E-state index in [0.29, 0.717) is 6.04 Å². The fourth-order valence-electron chi connectivity index (χ4n) is 3.64. The molecule has 2 aliphatic rings. The lowest BCUT2D eigenvalue weighted by atomic mass is 10.0. The molecule has 0 aliphatic heterocycles. The molecule has 4 heteroatoms. The molecule has 1 N–H and O–H groups in total. The van der Waals surface area contributed by atoms with E-state index in [9.17, 15) is 8.42 Å². The minimum atomic E-state index is -2.89. The molecule has 100 valence electrons. The predicted octanol–water partition coefficient (Wildman–Crippen LogP) is 2.12. The summed E-state index contributed by atoms with van der Waals surface area (Å²) in [5, 5.41) is 3.12. The Balaban J connectivity index is 2.10. The molecule has 17 heavy (non-hydrogen) atoms. The number of sulfone groups is 1. The molecule has 0 amide bonds. The SMILES string of the molecule is CNC1CCC(S(=O)(=O)C2CCCCC2)C1C. The molecule has 2 aliphatic carbocycles. The highest BCUT2D eigenvalue weighted by molar-refractivity contribution is 7.92. The average Bonchev–Trinajstić information content (AvgIpc) is 2.72. The van der Waals surface area contributed by atoms with Crippen LogP contribution in [0, 0.1) is 5.92 Å². The van der Waals surface area contributed by atoms with Gasteiger partial charge in [-0.3, -0.25) is 0 Å². The number of rotatable bonds is 3. The molecule has 2 fully saturated rings. The van der Waals surface area contributed by atoms with E-state index in [1.165, 1.54) is 6.42 Å². The molecule has 0 bridgehead atoms. The lowest BCUT2D eigenvalue weighted by Gasteiger charge is -2.28. The molecular weight excluding hydrogens is 234 g/mol. The number of nitrogens with one attached hydrogen (secondary N) is 1. The Labute approximate surface area is 105 Å². The van der Waals surface area contributed by atoms with Crippen molar-refractivity contribution in [3.63, 3.8) is 0 Å². The largest absolute Gasteiger partial charge is 0.317 e. The van der Waals surface area contributed by atoms with Gasteiger partial charge in [0, 0.05) is 6.04 Å². The first-order valence-electron chi connectivity index (χ1n) is 6.97. The molecule has 0 aromatic rings. The molecule has 3 nitrogen and oxygen atoms in total. The summed E-state index contributed by atoms with van der Waals surface area (Å²) in [5.41, 5.74) is 0. The summed E-state index contributed by atoms with van der Waals surface area (Å²) in [6.07, 6.45) is 7.07. The summed E-state index contributed by atoms with van der Waals surface area (Å²) in [7, 11) is -0.953. The molecule has 3 atom stereocenters. The third-order valence-corrected chi connectivity index (χ3v) is 7.70. The lowest BCUT2D eigenvalue weighted by molar-refractivity contribution is 0.439. The molecule has 2 saturated carbocycles. The van der Waals surface area contributed by atoms with Gasteiger partial charge in [-0.2, -0.15) is 0 Å². The smallest absolute Gasteiger partial charge is 0.156 e. The third-order valence-electron chi connectivity index (χ3n) is 4.79. The summed E-state index contributed by atoms with van der Waals surface area (Å²) in [5.74, 6) is 0.270. The van der Waals surface area contributed by atoms with Crippen molar-refractivity contribution in [1.29, 1.82) is 0 Å². The van der Waals surface area contributed by atoms with Crippen molar-refractivity contribution in [1.82, 2.24) is 5.32 Å². The maximum Gasteiger partial charge on any atom is 0.156 e. The summed E-state index contributed by atoms with van der Waals surface area (Å²) in [4.78, 5) is 0. The summed E-state index contributed by atoms with van der Waals surface area (Å²) in [6, 6.07) is 0.387. The Morgan fingerprint density at radius 3 is 2.18 bits per heavy atom. The Kier molecular flexibility index (Phi) is 4.14. The molecule has 0 heterocycles. The maximum atomic E-state index is 12.6. The minimum absolute atomic E-state index is 0.0423. The van der Waals surface area contributed by atoms with E-state index in [0.717, 1.165) is 38.5 Å². The fraction of sp³-hybridized carbons (Fsp3) is 1.00. The van der Waals surface area contributed by atoms with Crippen molar-refractivity contribution in [3.05, 3.63) is 0 Å². The Morgan fingerprint density at radius 2 is 1.65 bits per heavy atom. The van der Waals surface area contributed by atoms with Crippen LogP contribution in [0.4, 0.5) is 0 Å². The van der Waals surface area contributed by atoms with Crippen LogP contribution in [0.25, 0.3) is 0 Å². The van der Waals surface area contributed by atoms with Crippen LogP contribution in [0.2, 0.25) is 0 Å². The second-order valence-electron chi connectivity index (χ2n) is 5.72. The number of hydrogen-bond acceptors (Lipinski definition) is 3. The standard InChI is InChI=1S/C13H25NO2S/c1-10-12(14-2)8-9-13(10)17(15,16)11-6-4-3-5-7-11/h10-14H,3-9H2,1-2H3. The molecule has 0 saturated heterocycles. The first-order valence-corrected chi connectivity index (χ1v) is 8.58. The van der Waals surface area contributed by atoms with Gasteiger partial charge in [0.1, 0.15) is 0 Å². The van der Waals surface area contributed by atoms with Crippen molar-refractivity contribution in [2.24, 2.45) is 5.92 Å². The molecule has 0 aromatic heterocycles. The van der Waals surface area contributed by atoms with Crippen LogP contribution in [0.3, 0.4) is 0 Å². The van der Waals surface area contributed by atoms with Gasteiger partial charge in [-0.1, -0.05) is 26.2 Å². The van der Waals surface area contributed by atoms with Gasteiger partial charge in [0.05, 0.1) is 10.5 Å². The van der Waals surface area contributed by atoms with Crippen LogP contribution in [0.5, 0.6) is 0 Å². The second kappa shape index (κ2) is 5.27. The zero-order valence-corrected chi connectivity index (χ0v) is 11.8. The van der Waals surface area contributed by atoms with Crippen molar-refractivity contribution in [3.8, 4) is 0 Å². The van der Waals surface area contributed by atoms with Crippen molar-refractivity contribution >= 4 is 9.84 Å². The first-order chi connectivity index (χ1) is 8.07. The molecule has 0 spiro atoms. The molecule has 2 rings (SSSR count). The van der Waals surface area contributed by atoms with Gasteiger partial charge in [0.2, 0.25) is 0 Å². The Bertz CT molecular complexity index is 346. The minimum Gasteiger partial charge on any atom is -0.317 e. The van der Waals surface area contributed by atoms with Gasteiger partial charge in [0.15, 0.2) is 9.84 Å². The van der Waals surface area contributed by atoms with E-state index in [4.69, 9.17) is 0 Å². The van der Waals surface area contributed by atoms with Gasteiger partial charge in [0.25, 0.3) is 0 Å². The third kappa shape index (κ3) is 2.53. The fourth-order valence-corrected chi connectivity index (χ4v) is 6.38. The van der Waals surface area contributed by atoms with E-state index in [1.54, 1.807) is 0 Å². The van der Waals surface area contributed by atoms with Crippen LogP contribution >= 0.6 is 0 Å². The summed E-state index contributed by atoms with van der Waals surface area (Å²) >= 11 is 0. The van der Waals surface area contributed by atoms with Crippen LogP contribution in [-0.4, -0.2) is 32.0 Å². The quantitative estimate of drug-likeness (QED) is 0.844. The monoisotopic (exact) mass is 259 g/mol. The molecular formula is C13H25NO2S. The van der Waals surface area contributed by atoms with Crippen molar-refractivity contribution in [2.45, 2.75) is 68.4 Å². The Morgan fingerprint density at radius 1 is 1.00 bits per heavy atom. The van der Waals surface area contributed by atoms with Crippen LogP contribution < -0.4 is 5.32 Å². The highest BCUT2D eigenvalue weighted by Gasteiger charge is 2.43. The normalized spacial score (nSPS) is 36.2. The first kappa shape index (κ1) is 13.3. The number of hydrogen-bond donors (Lipinski definition) is 1. The van der Waals surface area contributed by atoms with E-state index < -0.39 is 9.84 Å². The zero-order valence-electron chi connectivity index (χ0n) is 11.0. The molecule has 0 aromatic carbocycles. The molecule has 0 radical (unpaired) electrons. The van der Waals surface area contributed by atoms with Gasteiger partial charge < -0.3 is 5.32 Å². The van der Waals surface area contributed by atoms with Gasteiger partial charge in [-0.05, 0) is 38.6 Å². The van der Waals surface area contributed by atoms with E-state index in [2.05, 4.69) is 12.2 Å². The van der Waals surface area contributed by atoms with Crippen LogP contribution in [0.15, 0.2) is 0 Å². The van der Waals surface area contributed by atoms with E-state index >= 15 is 0 Å². The highest BCUT2D eigenvalue weighted by atomic mass is 32.2. The van der Waals surface area contributed by atoms with Crippen molar-refractivity contribution < 1.29 is 8.42 Å². The van der Waals surface area contributed by atoms with E-state index in [-0.39, 0.29) is 16.4 Å². The topological polar surface area (TPSA) is 46.2 Å². The van der Waals surface area contributed by atoms with Crippen LogP contribution in [0.1, 0.15) is 51.9 Å². The van der Waals surface area contributed by atoms with Crippen molar-refractivity contribution in [2.75, 3.05) is 7.05 Å². The summed E-state index contributed by atoms with van der Waals surface area (Å²) < 4.78 is 25.3. The Hall–Kier alpha value is -0.0900. The maximum absolute atomic E-state index is 12.6. The van der Waals surface area contributed by atoms with Crippen LogP contribution in [-0.2, 0) is 9.84 Å². The second-order valence-corrected chi connectivity index (χ2v) is 8.17. The van der Waals surface area contributed by atoms with Gasteiger partial charge >= 0.3 is 0 Å². The molecule has 3 unspecified atom stereocenters. The lowest BCUT2D eigenvalue weighted by Crippen LogP contribution is -2.39. The summed E-state index contributed by atoms with van der Waals surface area (Å²) in [6.45, 7) is 2.10. The van der Waals surface area contributed by atoms with Gasteiger partial charge in [-0.15, -0.1) is 0 Å². The zero-order chi connectivity index (χ0) is 12.5. The highest BCUT2D eigenvalue weighted by Crippen LogP contribution is 2.36. The van der Waals surface area contributed by atoms with E-state index in [1.807, 2.05) is 7.05 Å². The average molecular weight is 259 g/mol. The van der Waals surface area contributed by atoms with Gasteiger partial charge in [-0.25, -0.2) is 8.42 Å².